The monoisotopic (exact) mass is 627 g/mol. The summed E-state index contributed by atoms with van der Waals surface area (Å²) in [6, 6.07) is 7.39. The predicted molar refractivity (Wildman–Crippen MR) is 157 cm³/mol. The van der Waals surface area contributed by atoms with Crippen LogP contribution in [0.25, 0.3) is 0 Å². The minimum Gasteiger partial charge on any atom is -0.543 e. The molecule has 234 valence electrons. The van der Waals surface area contributed by atoms with Gasteiger partial charge in [0, 0.05) is 34.1 Å². The van der Waals surface area contributed by atoms with Gasteiger partial charge in [0.1, 0.15) is 28.9 Å². The van der Waals surface area contributed by atoms with Gasteiger partial charge >= 0.3 is 23.9 Å². The summed E-state index contributed by atoms with van der Waals surface area (Å²) in [6.45, 7) is 14.9. The number of oxime groups is 1. The number of carbonyl (C=O) groups excluding carboxylic acids is 4. The van der Waals surface area contributed by atoms with E-state index in [1.807, 2.05) is 24.3 Å². The molecule has 0 spiro atoms. The maximum Gasteiger partial charge on any atom is 0.303 e. The largest absolute Gasteiger partial charge is 0.543 e. The molecule has 0 radical (unpaired) electrons. The molecule has 14 heteroatoms. The molecule has 2 rings (SSSR count). The number of carbonyl (C=O) groups is 4. The van der Waals surface area contributed by atoms with Crippen LogP contribution in [-0.2, 0) is 49.3 Å². The highest BCUT2D eigenvalue weighted by Gasteiger charge is 2.52. The van der Waals surface area contributed by atoms with Crippen molar-refractivity contribution in [3.05, 3.63) is 29.8 Å². The fourth-order valence-electron chi connectivity index (χ4n) is 3.86. The van der Waals surface area contributed by atoms with E-state index in [1.54, 1.807) is 0 Å². The van der Waals surface area contributed by atoms with Gasteiger partial charge in [-0.05, 0) is 29.8 Å². The first-order valence-corrected chi connectivity index (χ1v) is 17.2. The molecule has 1 saturated heterocycles. The van der Waals surface area contributed by atoms with E-state index in [4.69, 9.17) is 28.1 Å². The Kier molecular flexibility index (Phi) is 12.4. The molecule has 1 fully saturated rings. The lowest BCUT2D eigenvalue weighted by Gasteiger charge is -2.44. The summed E-state index contributed by atoms with van der Waals surface area (Å²) >= 11 is 0.917. The Balaban J connectivity index is 2.46. The van der Waals surface area contributed by atoms with Crippen LogP contribution in [0.5, 0.6) is 5.75 Å². The normalized spacial score (nSPS) is 23.0. The molecule has 1 aliphatic rings. The van der Waals surface area contributed by atoms with Crippen LogP contribution in [0, 0.1) is 0 Å². The molecule has 42 heavy (non-hydrogen) atoms. The fraction of sp³-hybridized carbons (Fsp3) is 0.607. The van der Waals surface area contributed by atoms with Crippen LogP contribution in [0.1, 0.15) is 54.0 Å². The molecule has 1 aromatic carbocycles. The molecule has 0 unspecified atom stereocenters. The van der Waals surface area contributed by atoms with Crippen molar-refractivity contribution in [1.82, 2.24) is 0 Å². The third-order valence-electron chi connectivity index (χ3n) is 6.80. The summed E-state index contributed by atoms with van der Waals surface area (Å²) in [4.78, 5) is 47.7. The van der Waals surface area contributed by atoms with E-state index in [1.165, 1.54) is 6.92 Å². The molecular formula is C28H41NO11SSi. The fourth-order valence-corrected chi connectivity index (χ4v) is 6.01. The van der Waals surface area contributed by atoms with Crippen LogP contribution in [0.15, 0.2) is 29.4 Å². The number of ether oxygens (including phenoxy) is 5. The zero-order valence-electron chi connectivity index (χ0n) is 25.5. The van der Waals surface area contributed by atoms with E-state index in [-0.39, 0.29) is 23.1 Å². The first-order chi connectivity index (χ1) is 19.4. The number of thioether (sulfide) groups is 1. The number of nitrogens with zero attached hydrogens (tertiary/aromatic N) is 1. The van der Waals surface area contributed by atoms with Gasteiger partial charge in [-0.3, -0.25) is 19.2 Å². The van der Waals surface area contributed by atoms with E-state index in [0.717, 1.165) is 38.1 Å². The van der Waals surface area contributed by atoms with Gasteiger partial charge < -0.3 is 33.3 Å². The van der Waals surface area contributed by atoms with Gasteiger partial charge in [-0.1, -0.05) is 55.9 Å². The Morgan fingerprint density at radius 2 is 1.45 bits per heavy atom. The molecule has 0 saturated carbocycles. The second-order valence-electron chi connectivity index (χ2n) is 11.3. The molecule has 0 aliphatic carbocycles. The molecule has 1 N–H and O–H groups in total. The van der Waals surface area contributed by atoms with Gasteiger partial charge in [0.05, 0.1) is 0 Å². The van der Waals surface area contributed by atoms with Crippen LogP contribution in [0.3, 0.4) is 0 Å². The third-order valence-corrected chi connectivity index (χ3v) is 12.2. The summed E-state index contributed by atoms with van der Waals surface area (Å²) < 4.78 is 34.2. The number of hydrogen-bond donors (Lipinski definition) is 1. The highest BCUT2D eigenvalue weighted by Crippen LogP contribution is 2.39. The number of para-hydroxylation sites is 1. The lowest BCUT2D eigenvalue weighted by molar-refractivity contribution is -0.237. The molecule has 5 atom stereocenters. The number of rotatable bonds is 10. The number of esters is 4. The van der Waals surface area contributed by atoms with Gasteiger partial charge in [0.15, 0.2) is 18.3 Å². The van der Waals surface area contributed by atoms with Gasteiger partial charge in [-0.2, -0.15) is 0 Å². The summed E-state index contributed by atoms with van der Waals surface area (Å²) in [5.41, 5.74) is -0.377. The molecule has 12 nitrogen and oxygen atoms in total. The Bertz CT molecular complexity index is 1170. The Labute approximate surface area is 251 Å². The SMILES string of the molecule is CC(=O)OC[C@H]1O[C@@H](S/C(Cc2ccccc2O[Si](C)(C)C(C)(C)C)=N\O)[C@H](OC(C)=O)[C@@H](OC(C)=O)[C@@H]1OC(C)=O. The van der Waals surface area contributed by atoms with E-state index in [2.05, 4.69) is 39.0 Å². The minimum atomic E-state index is -2.21. The zero-order chi connectivity index (χ0) is 31.8. The number of benzene rings is 1. The molecule has 1 heterocycles. The van der Waals surface area contributed by atoms with E-state index >= 15 is 0 Å². The van der Waals surface area contributed by atoms with E-state index in [9.17, 15) is 24.4 Å². The number of hydrogen-bond acceptors (Lipinski definition) is 13. The molecule has 1 aromatic rings. The van der Waals surface area contributed by atoms with Crippen molar-refractivity contribution in [2.24, 2.45) is 5.16 Å². The van der Waals surface area contributed by atoms with Crippen LogP contribution in [-0.4, -0.2) is 78.9 Å². The standard InChI is InChI=1S/C28H41NO11SSi/c1-16(30)35-15-22-24(36-17(2)31)25(37-18(3)32)26(38-19(4)33)27(39-22)41-23(29-34)14-20-12-10-11-13-21(20)40-42(8,9)28(5,6)7/h10-13,22,24-27,34H,14-15H2,1-9H3/b29-23-/t22-,24-,25+,26-,27+/m1/s1. The summed E-state index contributed by atoms with van der Waals surface area (Å²) in [6.07, 6.45) is -4.87. The Morgan fingerprint density at radius 3 is 1.98 bits per heavy atom. The second kappa shape index (κ2) is 14.9. The van der Waals surface area contributed by atoms with Crippen molar-refractivity contribution in [2.75, 3.05) is 6.61 Å². The van der Waals surface area contributed by atoms with Crippen LogP contribution in [0.2, 0.25) is 18.1 Å². The molecule has 0 amide bonds. The predicted octanol–water partition coefficient (Wildman–Crippen LogP) is 4.22. The van der Waals surface area contributed by atoms with Gasteiger partial charge in [-0.25, -0.2) is 0 Å². The topological polar surface area (TPSA) is 156 Å². The molecule has 0 aromatic heterocycles. The zero-order valence-corrected chi connectivity index (χ0v) is 27.3. The van der Waals surface area contributed by atoms with Crippen molar-refractivity contribution >= 4 is 49.0 Å². The average molecular weight is 628 g/mol. The van der Waals surface area contributed by atoms with E-state index < -0.39 is 62.0 Å². The molecule has 0 bridgehead atoms. The maximum absolute atomic E-state index is 12.1. The molecular weight excluding hydrogens is 586 g/mol. The second-order valence-corrected chi connectivity index (χ2v) is 17.2. The highest BCUT2D eigenvalue weighted by atomic mass is 32.2. The van der Waals surface area contributed by atoms with Gasteiger partial charge in [-0.15, -0.1) is 0 Å². The van der Waals surface area contributed by atoms with Crippen LogP contribution >= 0.6 is 11.8 Å². The van der Waals surface area contributed by atoms with Gasteiger partial charge in [0.25, 0.3) is 0 Å². The minimum absolute atomic E-state index is 0.0584. The quantitative estimate of drug-likeness (QED) is 0.0751. The summed E-state index contributed by atoms with van der Waals surface area (Å²) in [5, 5.41) is 13.6. The molecule has 1 aliphatic heterocycles. The third kappa shape index (κ3) is 10.0. The van der Waals surface area contributed by atoms with Crippen molar-refractivity contribution in [2.45, 2.75) is 103 Å². The lowest BCUT2D eigenvalue weighted by Crippen LogP contribution is -2.61. The maximum atomic E-state index is 12.1. The van der Waals surface area contributed by atoms with Crippen molar-refractivity contribution in [3.8, 4) is 5.75 Å². The first-order valence-electron chi connectivity index (χ1n) is 13.4. The Morgan fingerprint density at radius 1 is 0.905 bits per heavy atom. The Hall–Kier alpha value is -3.10. The lowest BCUT2D eigenvalue weighted by atomic mass is 9.99. The first kappa shape index (κ1) is 35.1. The van der Waals surface area contributed by atoms with Crippen molar-refractivity contribution in [3.63, 3.8) is 0 Å². The average Bonchev–Trinajstić information content (AvgIpc) is 2.85. The highest BCUT2D eigenvalue weighted by molar-refractivity contribution is 8.14. The van der Waals surface area contributed by atoms with Crippen LogP contribution < -0.4 is 4.43 Å². The van der Waals surface area contributed by atoms with E-state index in [0.29, 0.717) is 5.75 Å². The van der Waals surface area contributed by atoms with Crippen LogP contribution in [0.4, 0.5) is 0 Å². The van der Waals surface area contributed by atoms with Crippen molar-refractivity contribution in [1.29, 1.82) is 0 Å². The van der Waals surface area contributed by atoms with Crippen molar-refractivity contribution < 1.29 is 52.5 Å². The summed E-state index contributed by atoms with van der Waals surface area (Å²) in [5.74, 6) is -2.16. The smallest absolute Gasteiger partial charge is 0.303 e. The summed E-state index contributed by atoms with van der Waals surface area (Å²) in [7, 11) is -2.21. The van der Waals surface area contributed by atoms with Gasteiger partial charge in [0.2, 0.25) is 8.32 Å².